The summed E-state index contributed by atoms with van der Waals surface area (Å²) in [5, 5.41) is 6.72. The summed E-state index contributed by atoms with van der Waals surface area (Å²) >= 11 is 0. The van der Waals surface area contributed by atoms with Gasteiger partial charge in [0.2, 0.25) is 0 Å². The molecule has 6 heteroatoms. The zero-order valence-corrected chi connectivity index (χ0v) is 18.3. The second-order valence-corrected chi connectivity index (χ2v) is 7.22. The first-order valence-corrected chi connectivity index (χ1v) is 9.96. The van der Waals surface area contributed by atoms with Crippen LogP contribution in [0, 0.1) is 6.92 Å². The molecule has 2 rings (SSSR count). The summed E-state index contributed by atoms with van der Waals surface area (Å²) in [5.74, 6) is 2.59. The van der Waals surface area contributed by atoms with E-state index in [1.54, 1.807) is 14.2 Å². The van der Waals surface area contributed by atoms with E-state index in [4.69, 9.17) is 9.47 Å². The number of hydrogen-bond acceptors (Lipinski definition) is 4. The van der Waals surface area contributed by atoms with Gasteiger partial charge >= 0.3 is 0 Å². The van der Waals surface area contributed by atoms with Crippen LogP contribution in [-0.2, 0) is 13.0 Å². The van der Waals surface area contributed by atoms with Crippen molar-refractivity contribution in [1.29, 1.82) is 0 Å². The van der Waals surface area contributed by atoms with Crippen LogP contribution in [0.5, 0.6) is 11.5 Å². The number of nitrogens with one attached hydrogen (secondary N) is 2. The lowest BCUT2D eigenvalue weighted by Crippen LogP contribution is -2.37. The summed E-state index contributed by atoms with van der Waals surface area (Å²) in [6.45, 7) is 5.11. The van der Waals surface area contributed by atoms with E-state index in [-0.39, 0.29) is 0 Å². The number of likely N-dealkylation sites (N-methyl/N-ethyl adjacent to an activating group) is 1. The summed E-state index contributed by atoms with van der Waals surface area (Å²) in [5.41, 5.74) is 3.57. The fourth-order valence-corrected chi connectivity index (χ4v) is 2.92. The Bertz CT molecular complexity index is 790. The van der Waals surface area contributed by atoms with Gasteiger partial charge in [0.15, 0.2) is 5.96 Å². The maximum atomic E-state index is 5.81. The van der Waals surface area contributed by atoms with E-state index in [1.807, 2.05) is 32.3 Å². The Morgan fingerprint density at radius 1 is 1.10 bits per heavy atom. The van der Waals surface area contributed by atoms with Gasteiger partial charge in [-0.3, -0.25) is 4.99 Å². The molecule has 0 heterocycles. The lowest BCUT2D eigenvalue weighted by Gasteiger charge is -2.14. The minimum Gasteiger partial charge on any atom is -0.496 e. The van der Waals surface area contributed by atoms with Crippen molar-refractivity contribution >= 4 is 5.96 Å². The lowest BCUT2D eigenvalue weighted by molar-refractivity contribution is 0.261. The molecule has 0 bridgehead atoms. The highest BCUT2D eigenvalue weighted by molar-refractivity contribution is 5.79. The van der Waals surface area contributed by atoms with Crippen molar-refractivity contribution in [1.82, 2.24) is 15.5 Å². The van der Waals surface area contributed by atoms with Gasteiger partial charge in [-0.25, -0.2) is 0 Å². The minimum absolute atomic E-state index is 0.676. The third kappa shape index (κ3) is 8.03. The Kier molecular flexibility index (Phi) is 9.31. The molecular weight excluding hydrogens is 364 g/mol. The minimum atomic E-state index is 0.676. The Morgan fingerprint density at radius 3 is 2.66 bits per heavy atom. The summed E-state index contributed by atoms with van der Waals surface area (Å²) in [7, 11) is 7.57. The SMILES string of the molecule is CN=C(NCCc1cc(C)ccc1OC)NCc1cccc(OCCN(C)C)c1. The summed E-state index contributed by atoms with van der Waals surface area (Å²) < 4.78 is 11.3. The number of methoxy groups -OCH3 is 1. The first-order valence-electron chi connectivity index (χ1n) is 9.96. The smallest absolute Gasteiger partial charge is 0.191 e. The first kappa shape index (κ1) is 22.6. The van der Waals surface area contributed by atoms with Crippen molar-refractivity contribution in [3.8, 4) is 11.5 Å². The molecule has 2 aromatic rings. The average molecular weight is 399 g/mol. The molecule has 0 atom stereocenters. The van der Waals surface area contributed by atoms with Crippen molar-refractivity contribution in [3.05, 3.63) is 59.2 Å². The molecule has 0 unspecified atom stereocenters. The molecule has 158 valence electrons. The fourth-order valence-electron chi connectivity index (χ4n) is 2.92. The van der Waals surface area contributed by atoms with Gasteiger partial charge in [0.1, 0.15) is 18.1 Å². The fraction of sp³-hybridized carbons (Fsp3) is 0.435. The number of aliphatic imine (C=N–C) groups is 1. The largest absolute Gasteiger partial charge is 0.496 e. The number of guanidine groups is 1. The number of ether oxygens (including phenoxy) is 2. The van der Waals surface area contributed by atoms with Gasteiger partial charge in [-0.05, 0) is 56.8 Å². The van der Waals surface area contributed by atoms with Crippen LogP contribution >= 0.6 is 0 Å². The molecule has 0 spiro atoms. The van der Waals surface area contributed by atoms with Crippen LogP contribution in [0.25, 0.3) is 0 Å². The van der Waals surface area contributed by atoms with Gasteiger partial charge in [-0.1, -0.05) is 29.8 Å². The van der Waals surface area contributed by atoms with Crippen LogP contribution in [0.3, 0.4) is 0 Å². The van der Waals surface area contributed by atoms with Gasteiger partial charge in [-0.15, -0.1) is 0 Å². The van der Waals surface area contributed by atoms with E-state index < -0.39 is 0 Å². The summed E-state index contributed by atoms with van der Waals surface area (Å²) in [6.07, 6.45) is 0.862. The molecule has 0 radical (unpaired) electrons. The van der Waals surface area contributed by atoms with Crippen LogP contribution in [0.1, 0.15) is 16.7 Å². The van der Waals surface area contributed by atoms with Gasteiger partial charge < -0.3 is 25.0 Å². The highest BCUT2D eigenvalue weighted by atomic mass is 16.5. The summed E-state index contributed by atoms with van der Waals surface area (Å²) in [6, 6.07) is 14.4. The van der Waals surface area contributed by atoms with Gasteiger partial charge in [0.05, 0.1) is 7.11 Å². The van der Waals surface area contributed by atoms with Crippen molar-refractivity contribution < 1.29 is 9.47 Å². The number of aryl methyl sites for hydroxylation is 1. The van der Waals surface area contributed by atoms with Crippen molar-refractivity contribution in [3.63, 3.8) is 0 Å². The second kappa shape index (κ2) is 12.0. The number of rotatable bonds is 10. The molecule has 0 aliphatic heterocycles. The molecule has 6 nitrogen and oxygen atoms in total. The van der Waals surface area contributed by atoms with Gasteiger partial charge in [0.25, 0.3) is 0 Å². The quantitative estimate of drug-likeness (QED) is 0.476. The first-order chi connectivity index (χ1) is 14.0. The van der Waals surface area contributed by atoms with E-state index >= 15 is 0 Å². The molecule has 0 aliphatic rings. The number of nitrogens with zero attached hydrogens (tertiary/aromatic N) is 2. The van der Waals surface area contributed by atoms with E-state index in [0.717, 1.165) is 42.5 Å². The van der Waals surface area contributed by atoms with Crippen LogP contribution in [0.2, 0.25) is 0 Å². The molecular formula is C23H34N4O2. The molecule has 0 fully saturated rings. The molecule has 0 aliphatic carbocycles. The van der Waals surface area contributed by atoms with Gasteiger partial charge in [-0.2, -0.15) is 0 Å². The molecule has 0 saturated carbocycles. The Morgan fingerprint density at radius 2 is 1.93 bits per heavy atom. The van der Waals surface area contributed by atoms with Crippen molar-refractivity contribution in [2.75, 3.05) is 47.9 Å². The zero-order valence-electron chi connectivity index (χ0n) is 18.3. The Balaban J connectivity index is 1.81. The maximum Gasteiger partial charge on any atom is 0.191 e. The predicted molar refractivity (Wildman–Crippen MR) is 120 cm³/mol. The van der Waals surface area contributed by atoms with Crippen molar-refractivity contribution in [2.24, 2.45) is 4.99 Å². The maximum absolute atomic E-state index is 5.81. The topological polar surface area (TPSA) is 58.1 Å². The Labute approximate surface area is 174 Å². The molecule has 29 heavy (non-hydrogen) atoms. The van der Waals surface area contributed by atoms with Crippen LogP contribution in [0.15, 0.2) is 47.5 Å². The monoisotopic (exact) mass is 398 g/mol. The van der Waals surface area contributed by atoms with E-state index in [2.05, 4.69) is 51.7 Å². The highest BCUT2D eigenvalue weighted by Gasteiger charge is 2.05. The van der Waals surface area contributed by atoms with Crippen LogP contribution in [-0.4, -0.2) is 58.8 Å². The summed E-state index contributed by atoms with van der Waals surface area (Å²) in [4.78, 5) is 6.42. The second-order valence-electron chi connectivity index (χ2n) is 7.22. The average Bonchev–Trinajstić information content (AvgIpc) is 2.70. The molecule has 0 amide bonds. The number of hydrogen-bond donors (Lipinski definition) is 2. The van der Waals surface area contributed by atoms with Gasteiger partial charge in [0, 0.05) is 26.7 Å². The third-order valence-corrected chi connectivity index (χ3v) is 4.51. The lowest BCUT2D eigenvalue weighted by atomic mass is 10.1. The molecule has 0 aromatic heterocycles. The Hall–Kier alpha value is -2.73. The van der Waals surface area contributed by atoms with Crippen LogP contribution in [0.4, 0.5) is 0 Å². The standard InChI is InChI=1S/C23H34N4O2/c1-18-9-10-22(28-5)20(15-18)11-12-25-23(24-2)26-17-19-7-6-8-21(16-19)29-14-13-27(3)4/h6-10,15-16H,11-14,17H2,1-5H3,(H2,24,25,26). The highest BCUT2D eigenvalue weighted by Crippen LogP contribution is 2.19. The third-order valence-electron chi connectivity index (χ3n) is 4.51. The molecule has 2 aromatic carbocycles. The zero-order chi connectivity index (χ0) is 21.1. The van der Waals surface area contributed by atoms with Crippen LogP contribution < -0.4 is 20.1 Å². The van der Waals surface area contributed by atoms with E-state index in [0.29, 0.717) is 13.2 Å². The van der Waals surface area contributed by atoms with Crippen molar-refractivity contribution in [2.45, 2.75) is 19.9 Å². The number of benzene rings is 2. The predicted octanol–water partition coefficient (Wildman–Crippen LogP) is 2.85. The molecule has 2 N–H and O–H groups in total. The van der Waals surface area contributed by atoms with E-state index in [9.17, 15) is 0 Å². The van der Waals surface area contributed by atoms with E-state index in [1.165, 1.54) is 11.1 Å². The molecule has 0 saturated heterocycles. The normalized spacial score (nSPS) is 11.4.